The maximum absolute atomic E-state index is 13.2. The molecule has 0 saturated carbocycles. The zero-order valence-corrected chi connectivity index (χ0v) is 20.0. The van der Waals surface area contributed by atoms with Crippen molar-refractivity contribution in [3.63, 3.8) is 0 Å². The molecule has 2 aliphatic heterocycles. The molecule has 0 radical (unpaired) electrons. The van der Waals surface area contributed by atoms with E-state index >= 15 is 0 Å². The molecular formula is C20H32FIN4OS. The molecule has 1 aromatic carbocycles. The standard InChI is InChI=1S/C20H31FN4OS.HI/c1-3-22-19(24(2)14-17-4-6-18(21)7-5-17)23-15-20(8-13-27-16-20)25-9-11-26-12-10-25;/h4-7H,3,8-16H2,1-2H3,(H,22,23);1H. The van der Waals surface area contributed by atoms with Gasteiger partial charge in [0.05, 0.1) is 25.3 Å². The summed E-state index contributed by atoms with van der Waals surface area (Å²) in [5, 5.41) is 3.41. The molecule has 0 aliphatic carbocycles. The fourth-order valence-electron chi connectivity index (χ4n) is 3.74. The first-order valence-electron chi connectivity index (χ1n) is 9.77. The van der Waals surface area contributed by atoms with E-state index in [1.54, 1.807) is 0 Å². The number of hydrogen-bond donors (Lipinski definition) is 1. The van der Waals surface area contributed by atoms with E-state index in [1.165, 1.54) is 24.3 Å². The Kier molecular flexibility index (Phi) is 9.79. The topological polar surface area (TPSA) is 40.1 Å². The lowest BCUT2D eigenvalue weighted by molar-refractivity contribution is -0.0105. The minimum absolute atomic E-state index is 0. The molecule has 2 heterocycles. The molecular weight excluding hydrogens is 490 g/mol. The monoisotopic (exact) mass is 522 g/mol. The highest BCUT2D eigenvalue weighted by molar-refractivity contribution is 14.0. The SMILES string of the molecule is CCNC(=NCC1(N2CCOCC2)CCSC1)N(C)Cc1ccc(F)cc1.I. The maximum Gasteiger partial charge on any atom is 0.194 e. The van der Waals surface area contributed by atoms with E-state index in [0.29, 0.717) is 6.54 Å². The van der Waals surface area contributed by atoms with Crippen molar-refractivity contribution in [2.24, 2.45) is 4.99 Å². The molecule has 5 nitrogen and oxygen atoms in total. The molecule has 28 heavy (non-hydrogen) atoms. The van der Waals surface area contributed by atoms with E-state index in [9.17, 15) is 4.39 Å². The minimum Gasteiger partial charge on any atom is -0.379 e. The zero-order chi connectivity index (χ0) is 19.1. The molecule has 0 bridgehead atoms. The number of rotatable bonds is 6. The average Bonchev–Trinajstić information content (AvgIpc) is 3.18. The third-order valence-corrected chi connectivity index (χ3v) is 6.55. The van der Waals surface area contributed by atoms with Crippen molar-refractivity contribution in [1.29, 1.82) is 0 Å². The Morgan fingerprint density at radius 2 is 2.04 bits per heavy atom. The number of guanidine groups is 1. The highest BCUT2D eigenvalue weighted by Gasteiger charge is 2.40. The molecule has 0 aromatic heterocycles. The van der Waals surface area contributed by atoms with Gasteiger partial charge in [0.2, 0.25) is 0 Å². The van der Waals surface area contributed by atoms with Crippen molar-refractivity contribution in [1.82, 2.24) is 15.1 Å². The third-order valence-electron chi connectivity index (χ3n) is 5.32. The predicted octanol–water partition coefficient (Wildman–Crippen LogP) is 3.05. The van der Waals surface area contributed by atoms with Gasteiger partial charge in [0, 0.05) is 39.0 Å². The van der Waals surface area contributed by atoms with Crippen molar-refractivity contribution < 1.29 is 9.13 Å². The van der Waals surface area contributed by atoms with E-state index in [2.05, 4.69) is 22.0 Å². The van der Waals surface area contributed by atoms with Gasteiger partial charge in [-0.05, 0) is 36.8 Å². The van der Waals surface area contributed by atoms with Crippen LogP contribution in [0.3, 0.4) is 0 Å². The molecule has 0 spiro atoms. The highest BCUT2D eigenvalue weighted by atomic mass is 127. The number of nitrogens with zero attached hydrogens (tertiary/aromatic N) is 3. The lowest BCUT2D eigenvalue weighted by atomic mass is 9.96. The molecule has 1 unspecified atom stereocenters. The number of halogens is 2. The zero-order valence-electron chi connectivity index (χ0n) is 16.8. The predicted molar refractivity (Wildman–Crippen MR) is 126 cm³/mol. The summed E-state index contributed by atoms with van der Waals surface area (Å²) in [5.74, 6) is 3.05. The van der Waals surface area contributed by atoms with E-state index < -0.39 is 0 Å². The summed E-state index contributed by atoms with van der Waals surface area (Å²) in [4.78, 5) is 9.72. The van der Waals surface area contributed by atoms with Gasteiger partial charge in [0.1, 0.15) is 5.82 Å². The number of benzene rings is 1. The van der Waals surface area contributed by atoms with Gasteiger partial charge in [0.15, 0.2) is 5.96 Å². The molecule has 158 valence electrons. The smallest absolute Gasteiger partial charge is 0.194 e. The van der Waals surface area contributed by atoms with Crippen LogP contribution in [0, 0.1) is 5.82 Å². The molecule has 2 saturated heterocycles. The molecule has 0 amide bonds. The number of nitrogens with one attached hydrogen (secondary N) is 1. The van der Waals surface area contributed by atoms with Gasteiger partial charge >= 0.3 is 0 Å². The van der Waals surface area contributed by atoms with Crippen molar-refractivity contribution in [2.75, 3.05) is 57.9 Å². The first kappa shape index (κ1) is 23.7. The summed E-state index contributed by atoms with van der Waals surface area (Å²) in [5.41, 5.74) is 1.22. The fourth-order valence-corrected chi connectivity index (χ4v) is 5.21. The second kappa shape index (κ2) is 11.6. The van der Waals surface area contributed by atoms with Crippen LogP contribution in [0.4, 0.5) is 4.39 Å². The quantitative estimate of drug-likeness (QED) is 0.354. The largest absolute Gasteiger partial charge is 0.379 e. The Balaban J connectivity index is 0.00000280. The molecule has 3 rings (SSSR count). The number of aliphatic imine (C=N–C) groups is 1. The Morgan fingerprint density at radius 3 is 2.64 bits per heavy atom. The minimum atomic E-state index is -0.201. The van der Waals surface area contributed by atoms with E-state index in [0.717, 1.165) is 56.7 Å². The molecule has 1 aromatic rings. The van der Waals surface area contributed by atoms with Crippen LogP contribution in [-0.4, -0.2) is 79.2 Å². The summed E-state index contributed by atoms with van der Waals surface area (Å²) < 4.78 is 18.7. The molecule has 1 N–H and O–H groups in total. The van der Waals surface area contributed by atoms with E-state index in [4.69, 9.17) is 9.73 Å². The number of hydrogen-bond acceptors (Lipinski definition) is 4. The summed E-state index contributed by atoms with van der Waals surface area (Å²) in [6, 6.07) is 6.68. The molecule has 2 fully saturated rings. The fraction of sp³-hybridized carbons (Fsp3) is 0.650. The second-order valence-corrected chi connectivity index (χ2v) is 8.38. The van der Waals surface area contributed by atoms with Gasteiger partial charge in [-0.2, -0.15) is 11.8 Å². The number of thioether (sulfide) groups is 1. The van der Waals surface area contributed by atoms with Gasteiger partial charge in [-0.25, -0.2) is 4.39 Å². The summed E-state index contributed by atoms with van der Waals surface area (Å²) in [6.07, 6.45) is 1.18. The Morgan fingerprint density at radius 1 is 1.32 bits per heavy atom. The van der Waals surface area contributed by atoms with Crippen LogP contribution < -0.4 is 5.32 Å². The van der Waals surface area contributed by atoms with Gasteiger partial charge in [-0.3, -0.25) is 9.89 Å². The first-order chi connectivity index (χ1) is 13.1. The first-order valence-corrected chi connectivity index (χ1v) is 10.9. The van der Waals surface area contributed by atoms with Crippen molar-refractivity contribution in [3.05, 3.63) is 35.6 Å². The van der Waals surface area contributed by atoms with Crippen LogP contribution in [0.5, 0.6) is 0 Å². The second-order valence-electron chi connectivity index (χ2n) is 7.28. The number of ether oxygens (including phenoxy) is 1. The van der Waals surface area contributed by atoms with Crippen LogP contribution >= 0.6 is 35.7 Å². The molecule has 8 heteroatoms. The van der Waals surface area contributed by atoms with Gasteiger partial charge in [0.25, 0.3) is 0 Å². The lowest BCUT2D eigenvalue weighted by Gasteiger charge is -2.42. The molecule has 1 atom stereocenters. The van der Waals surface area contributed by atoms with E-state index in [1.807, 2.05) is 30.9 Å². The Hall–Kier alpha value is -0.580. The van der Waals surface area contributed by atoms with Crippen molar-refractivity contribution in [2.45, 2.75) is 25.4 Å². The van der Waals surface area contributed by atoms with E-state index in [-0.39, 0.29) is 35.3 Å². The highest BCUT2D eigenvalue weighted by Crippen LogP contribution is 2.34. The van der Waals surface area contributed by atoms with Gasteiger partial charge in [-0.15, -0.1) is 24.0 Å². The normalized spacial score (nSPS) is 23.3. The van der Waals surface area contributed by atoms with Crippen molar-refractivity contribution in [3.8, 4) is 0 Å². The van der Waals surface area contributed by atoms with Gasteiger partial charge in [-0.1, -0.05) is 12.1 Å². The summed E-state index contributed by atoms with van der Waals surface area (Å²) >= 11 is 2.03. The average molecular weight is 522 g/mol. The summed E-state index contributed by atoms with van der Waals surface area (Å²) in [7, 11) is 2.04. The Bertz CT molecular complexity index is 619. The Labute approximate surface area is 189 Å². The summed E-state index contributed by atoms with van der Waals surface area (Å²) in [6.45, 7) is 8.05. The van der Waals surface area contributed by atoms with Gasteiger partial charge < -0.3 is 15.0 Å². The molecule has 2 aliphatic rings. The van der Waals surface area contributed by atoms with Crippen LogP contribution in [0.2, 0.25) is 0 Å². The maximum atomic E-state index is 13.2. The third kappa shape index (κ3) is 6.21. The van der Waals surface area contributed by atoms with Crippen LogP contribution in [0.1, 0.15) is 18.9 Å². The van der Waals surface area contributed by atoms with Crippen LogP contribution in [-0.2, 0) is 11.3 Å². The van der Waals surface area contributed by atoms with Crippen LogP contribution in [0.15, 0.2) is 29.3 Å². The van der Waals surface area contributed by atoms with Crippen LogP contribution in [0.25, 0.3) is 0 Å². The van der Waals surface area contributed by atoms with Crippen molar-refractivity contribution >= 4 is 41.7 Å². The number of morpholine rings is 1. The lowest BCUT2D eigenvalue weighted by Crippen LogP contribution is -2.56.